The first kappa shape index (κ1) is 12.8. The minimum Gasteiger partial charge on any atom is -0.468 e. The Balaban J connectivity index is 0.00000128. The topological polar surface area (TPSA) is 25.2 Å². The Morgan fingerprint density at radius 3 is 2.50 bits per heavy atom. The third-order valence-electron chi connectivity index (χ3n) is 2.43. The second kappa shape index (κ2) is 6.36. The van der Waals surface area contributed by atoms with Crippen LogP contribution in [0.2, 0.25) is 0 Å². The van der Waals surface area contributed by atoms with Crippen LogP contribution < -0.4 is 5.32 Å². The zero-order valence-corrected chi connectivity index (χ0v) is 10.0. The molecule has 1 unspecified atom stereocenters. The maximum atomic E-state index is 5.32. The van der Waals surface area contributed by atoms with Gasteiger partial charge in [-0.05, 0) is 24.6 Å². The quantitative estimate of drug-likeness (QED) is 0.880. The van der Waals surface area contributed by atoms with E-state index in [2.05, 4.69) is 36.5 Å². The molecule has 0 radical (unpaired) electrons. The van der Waals surface area contributed by atoms with Crippen molar-refractivity contribution < 1.29 is 4.42 Å². The maximum Gasteiger partial charge on any atom is 0.120 e. The van der Waals surface area contributed by atoms with Gasteiger partial charge >= 0.3 is 0 Å². The summed E-state index contributed by atoms with van der Waals surface area (Å²) in [6, 6.07) is 14.5. The van der Waals surface area contributed by atoms with Crippen LogP contribution in [-0.4, -0.2) is 0 Å². The van der Waals surface area contributed by atoms with E-state index in [0.29, 0.717) is 0 Å². The summed E-state index contributed by atoms with van der Waals surface area (Å²) in [7, 11) is 0. The van der Waals surface area contributed by atoms with Crippen LogP contribution in [-0.2, 0) is 6.54 Å². The van der Waals surface area contributed by atoms with E-state index in [1.807, 2.05) is 18.2 Å². The number of rotatable bonds is 4. The second-order valence-corrected chi connectivity index (χ2v) is 3.60. The fourth-order valence-corrected chi connectivity index (χ4v) is 1.51. The fraction of sp³-hybridized carbons (Fsp3) is 0.231. The second-order valence-electron chi connectivity index (χ2n) is 3.60. The number of hydrogen-bond acceptors (Lipinski definition) is 2. The van der Waals surface area contributed by atoms with Crippen molar-refractivity contribution in [1.82, 2.24) is 5.32 Å². The summed E-state index contributed by atoms with van der Waals surface area (Å²) in [6.07, 6.45) is 1.70. The van der Waals surface area contributed by atoms with Crippen LogP contribution in [0.1, 0.15) is 24.3 Å². The number of benzene rings is 1. The lowest BCUT2D eigenvalue weighted by molar-refractivity contribution is 0.430. The van der Waals surface area contributed by atoms with Gasteiger partial charge in [-0.1, -0.05) is 30.3 Å². The molecule has 0 saturated carbocycles. The van der Waals surface area contributed by atoms with Crippen molar-refractivity contribution in [2.45, 2.75) is 19.5 Å². The van der Waals surface area contributed by atoms with E-state index in [0.717, 1.165) is 12.3 Å². The molecule has 0 spiro atoms. The molecule has 0 aliphatic rings. The molecule has 0 amide bonds. The lowest BCUT2D eigenvalue weighted by Gasteiger charge is -2.10. The molecule has 0 bridgehead atoms. The highest BCUT2D eigenvalue weighted by Crippen LogP contribution is 2.12. The molecule has 1 aromatic heterocycles. The third-order valence-corrected chi connectivity index (χ3v) is 2.43. The predicted octanol–water partition coefficient (Wildman–Crippen LogP) is 3.55. The molecule has 3 heteroatoms. The van der Waals surface area contributed by atoms with E-state index < -0.39 is 0 Å². The largest absolute Gasteiger partial charge is 0.468 e. The molecule has 1 atom stereocenters. The van der Waals surface area contributed by atoms with Gasteiger partial charge in [-0.25, -0.2) is 0 Å². The van der Waals surface area contributed by atoms with Crippen LogP contribution in [0.4, 0.5) is 0 Å². The third kappa shape index (κ3) is 3.40. The SMILES string of the molecule is CC(NCc1ccccc1)c1ccco1.Cl. The van der Waals surface area contributed by atoms with Gasteiger partial charge in [-0.2, -0.15) is 0 Å². The molecule has 0 saturated heterocycles. The molecule has 1 aromatic carbocycles. The van der Waals surface area contributed by atoms with Gasteiger partial charge in [0, 0.05) is 6.54 Å². The fourth-order valence-electron chi connectivity index (χ4n) is 1.51. The zero-order valence-electron chi connectivity index (χ0n) is 9.22. The summed E-state index contributed by atoms with van der Waals surface area (Å²) < 4.78 is 5.32. The van der Waals surface area contributed by atoms with E-state index in [1.165, 1.54) is 5.56 Å². The molecule has 2 nitrogen and oxygen atoms in total. The highest BCUT2D eigenvalue weighted by Gasteiger charge is 2.06. The van der Waals surface area contributed by atoms with Crippen molar-refractivity contribution in [1.29, 1.82) is 0 Å². The molecule has 2 aromatic rings. The zero-order chi connectivity index (χ0) is 10.5. The Morgan fingerprint density at radius 1 is 1.12 bits per heavy atom. The van der Waals surface area contributed by atoms with Crippen molar-refractivity contribution in [2.24, 2.45) is 0 Å². The first-order valence-corrected chi connectivity index (χ1v) is 5.17. The van der Waals surface area contributed by atoms with Crippen molar-refractivity contribution >= 4 is 12.4 Å². The molecule has 0 aliphatic carbocycles. The Labute approximate surface area is 102 Å². The number of halogens is 1. The minimum atomic E-state index is 0. The smallest absolute Gasteiger partial charge is 0.120 e. The average Bonchev–Trinajstić information content (AvgIpc) is 2.81. The molecule has 2 rings (SSSR count). The van der Waals surface area contributed by atoms with Gasteiger partial charge in [0.25, 0.3) is 0 Å². The van der Waals surface area contributed by atoms with Crippen LogP contribution in [0.3, 0.4) is 0 Å². The van der Waals surface area contributed by atoms with Crippen molar-refractivity contribution in [3.63, 3.8) is 0 Å². The van der Waals surface area contributed by atoms with E-state index in [-0.39, 0.29) is 18.4 Å². The van der Waals surface area contributed by atoms with Gasteiger partial charge in [0.2, 0.25) is 0 Å². The standard InChI is InChI=1S/C13H15NO.ClH/c1-11(13-8-5-9-15-13)14-10-12-6-3-2-4-7-12;/h2-9,11,14H,10H2,1H3;1H. The molecular weight excluding hydrogens is 222 g/mol. The van der Waals surface area contributed by atoms with Crippen LogP contribution in [0.25, 0.3) is 0 Å². The Bertz CT molecular complexity index is 386. The maximum absolute atomic E-state index is 5.32. The van der Waals surface area contributed by atoms with Gasteiger partial charge in [-0.3, -0.25) is 0 Å². The van der Waals surface area contributed by atoms with E-state index in [9.17, 15) is 0 Å². The van der Waals surface area contributed by atoms with Crippen LogP contribution in [0.15, 0.2) is 53.1 Å². The lowest BCUT2D eigenvalue weighted by Crippen LogP contribution is -2.17. The number of hydrogen-bond donors (Lipinski definition) is 1. The number of furan rings is 1. The van der Waals surface area contributed by atoms with E-state index in [4.69, 9.17) is 4.42 Å². The molecule has 86 valence electrons. The van der Waals surface area contributed by atoms with Gasteiger partial charge < -0.3 is 9.73 Å². The summed E-state index contributed by atoms with van der Waals surface area (Å²) >= 11 is 0. The predicted molar refractivity (Wildman–Crippen MR) is 67.7 cm³/mol. The Hall–Kier alpha value is -1.25. The van der Waals surface area contributed by atoms with Crippen molar-refractivity contribution in [2.75, 3.05) is 0 Å². The summed E-state index contributed by atoms with van der Waals surface area (Å²) in [4.78, 5) is 0. The lowest BCUT2D eigenvalue weighted by atomic mass is 10.2. The van der Waals surface area contributed by atoms with Gasteiger partial charge in [0.15, 0.2) is 0 Å². The molecule has 0 fully saturated rings. The van der Waals surface area contributed by atoms with Crippen LogP contribution in [0.5, 0.6) is 0 Å². The van der Waals surface area contributed by atoms with Crippen LogP contribution in [0, 0.1) is 0 Å². The van der Waals surface area contributed by atoms with Gasteiger partial charge in [0.05, 0.1) is 12.3 Å². The molecule has 1 N–H and O–H groups in total. The monoisotopic (exact) mass is 237 g/mol. The van der Waals surface area contributed by atoms with E-state index >= 15 is 0 Å². The average molecular weight is 238 g/mol. The van der Waals surface area contributed by atoms with Crippen LogP contribution >= 0.6 is 12.4 Å². The summed E-state index contributed by atoms with van der Waals surface area (Å²) in [5, 5.41) is 3.41. The van der Waals surface area contributed by atoms with E-state index in [1.54, 1.807) is 6.26 Å². The molecule has 16 heavy (non-hydrogen) atoms. The molecule has 1 heterocycles. The first-order valence-electron chi connectivity index (χ1n) is 5.17. The summed E-state index contributed by atoms with van der Waals surface area (Å²) in [5.74, 6) is 0.978. The Morgan fingerprint density at radius 2 is 1.88 bits per heavy atom. The van der Waals surface area contributed by atoms with Gasteiger partial charge in [0.1, 0.15) is 5.76 Å². The Kier molecular flexibility index (Phi) is 5.09. The minimum absolute atomic E-state index is 0. The summed E-state index contributed by atoms with van der Waals surface area (Å²) in [5.41, 5.74) is 1.29. The number of nitrogens with one attached hydrogen (secondary N) is 1. The highest BCUT2D eigenvalue weighted by atomic mass is 35.5. The summed E-state index contributed by atoms with van der Waals surface area (Å²) in [6.45, 7) is 2.96. The normalized spacial score (nSPS) is 11.8. The van der Waals surface area contributed by atoms with Crippen molar-refractivity contribution in [3.05, 3.63) is 60.1 Å². The first-order chi connectivity index (χ1) is 7.36. The highest BCUT2D eigenvalue weighted by molar-refractivity contribution is 5.85. The van der Waals surface area contributed by atoms with Crippen molar-refractivity contribution in [3.8, 4) is 0 Å². The van der Waals surface area contributed by atoms with Gasteiger partial charge in [-0.15, -0.1) is 12.4 Å². The molecular formula is C13H16ClNO. The molecule has 0 aliphatic heterocycles.